The number of piperazine rings is 1. The lowest BCUT2D eigenvalue weighted by Crippen LogP contribution is -2.52. The predicted octanol–water partition coefficient (Wildman–Crippen LogP) is 6.45. The Labute approximate surface area is 320 Å². The Morgan fingerprint density at radius 1 is 1.04 bits per heavy atom. The van der Waals surface area contributed by atoms with E-state index in [2.05, 4.69) is 95.6 Å². The summed E-state index contributed by atoms with van der Waals surface area (Å²) in [4.78, 5) is 35.1. The largest absolute Gasteiger partial charge is 0.494 e. The Bertz CT molecular complexity index is 1970. The number of aliphatic carboxylic acids is 1. The number of nitrogens with zero attached hydrogens (tertiary/aromatic N) is 7. The van der Waals surface area contributed by atoms with Gasteiger partial charge >= 0.3 is 12.1 Å². The van der Waals surface area contributed by atoms with Gasteiger partial charge in [0.05, 0.1) is 34.0 Å². The predicted molar refractivity (Wildman–Crippen MR) is 212 cm³/mol. The van der Waals surface area contributed by atoms with E-state index >= 15 is 0 Å². The summed E-state index contributed by atoms with van der Waals surface area (Å²) in [7, 11) is 3.94. The van der Waals surface area contributed by atoms with E-state index in [0.29, 0.717) is 17.8 Å². The average Bonchev–Trinajstić information content (AvgIpc) is 3.12. The molecule has 0 atom stereocenters. The first kappa shape index (κ1) is 40.6. The van der Waals surface area contributed by atoms with Crippen LogP contribution in [0.3, 0.4) is 0 Å². The molecule has 2 aliphatic rings. The van der Waals surface area contributed by atoms with Crippen molar-refractivity contribution in [2.45, 2.75) is 38.4 Å². The van der Waals surface area contributed by atoms with Gasteiger partial charge in [0.25, 0.3) is 0 Å². The third kappa shape index (κ3) is 10.1. The molecule has 0 unspecified atom stereocenters. The van der Waals surface area contributed by atoms with Gasteiger partial charge in [-0.2, -0.15) is 18.2 Å². The van der Waals surface area contributed by atoms with Crippen LogP contribution in [0.15, 0.2) is 47.3 Å². The van der Waals surface area contributed by atoms with E-state index in [1.54, 1.807) is 25.7 Å². The van der Waals surface area contributed by atoms with Crippen molar-refractivity contribution in [1.82, 2.24) is 29.7 Å². The third-order valence-corrected chi connectivity index (χ3v) is 11.9. The zero-order chi connectivity index (χ0) is 38.5. The number of alkyl halides is 3. The highest BCUT2D eigenvalue weighted by molar-refractivity contribution is 9.10. The smallest absolute Gasteiger partial charge is 0.490 e. The van der Waals surface area contributed by atoms with E-state index in [9.17, 15) is 13.2 Å². The monoisotopic (exact) mass is 837 g/mol. The number of ether oxygens (including phenoxy) is 1. The van der Waals surface area contributed by atoms with Crippen LogP contribution in [0.2, 0.25) is 0 Å². The number of aromatic nitrogens is 4. The minimum atomic E-state index is -5.08. The Hall–Kier alpha value is -3.63. The summed E-state index contributed by atoms with van der Waals surface area (Å²) in [6, 6.07) is 7.10. The van der Waals surface area contributed by atoms with Crippen molar-refractivity contribution in [3.8, 4) is 5.75 Å². The molecular formula is C35H44BrF3N9O3PS. The van der Waals surface area contributed by atoms with Crippen LogP contribution in [0.4, 0.5) is 42.0 Å². The van der Waals surface area contributed by atoms with E-state index in [0.717, 1.165) is 57.4 Å². The van der Waals surface area contributed by atoms with E-state index in [-0.39, 0.29) is 0 Å². The number of aryl methyl sites for hydroxylation is 1. The highest BCUT2D eigenvalue weighted by Gasteiger charge is 2.38. The molecule has 3 N–H and O–H groups in total. The highest BCUT2D eigenvalue weighted by Crippen LogP contribution is 2.42. The molecule has 53 heavy (non-hydrogen) atoms. The molecule has 0 aliphatic carbocycles. The number of nitrogens with one attached hydrogen (secondary N) is 2. The average molecular weight is 839 g/mol. The fourth-order valence-corrected chi connectivity index (χ4v) is 8.79. The van der Waals surface area contributed by atoms with E-state index in [1.807, 2.05) is 12.1 Å². The summed E-state index contributed by atoms with van der Waals surface area (Å²) >= 11 is 9.64. The van der Waals surface area contributed by atoms with E-state index in [4.69, 9.17) is 31.4 Å². The Morgan fingerprint density at radius 2 is 1.70 bits per heavy atom. The second-order valence-electron chi connectivity index (χ2n) is 13.3. The standard InChI is InChI=1S/C33H43BrN9OPS.C2HF3O2/c1-6-22-19-27(29(44-3)20-28(22)43-13-9-23(10-14-43)42-17-15-41(2)16-18-42)39-33-37-21-24(34)32(40-33)38-26-8-7-25-30(36-12-11-35-25)31(26)45(4,5)46;3-2(4,5)1(6)7/h7-8,11-12,19-21,23H,6,9-10,13-18H2,1-5H3,(H2,37,38,39,40);(H,6,7). The fraction of sp³-hybridized carbons (Fsp3) is 0.457. The van der Waals surface area contributed by atoms with Gasteiger partial charge in [0.2, 0.25) is 5.95 Å². The van der Waals surface area contributed by atoms with Crippen LogP contribution in [0.5, 0.6) is 5.75 Å². The maximum atomic E-state index is 10.6. The van der Waals surface area contributed by atoms with Crippen molar-refractivity contribution in [3.63, 3.8) is 0 Å². The molecule has 0 saturated carbocycles. The molecule has 2 aliphatic heterocycles. The normalized spacial score (nSPS) is 16.2. The summed E-state index contributed by atoms with van der Waals surface area (Å²) in [5.41, 5.74) is 5.89. The van der Waals surface area contributed by atoms with Crippen molar-refractivity contribution in [3.05, 3.63) is 52.9 Å². The number of hydrogen-bond acceptors (Lipinski definition) is 12. The molecule has 286 valence electrons. The van der Waals surface area contributed by atoms with Crippen LogP contribution < -0.4 is 25.6 Å². The SMILES string of the molecule is CCc1cc(Nc2ncc(Br)c(Nc3ccc4nccnc4c3P(C)(C)=S)n2)c(OC)cc1N1CCC(N2CCN(C)CC2)CC1.O=C(O)C(F)(F)F. The van der Waals surface area contributed by atoms with Crippen molar-refractivity contribution >= 4 is 84.9 Å². The molecule has 12 nitrogen and oxygen atoms in total. The Balaban J connectivity index is 0.000000705. The summed E-state index contributed by atoms with van der Waals surface area (Å²) < 4.78 is 38.4. The molecule has 0 amide bonds. The van der Waals surface area contributed by atoms with Gasteiger partial charge in [0.1, 0.15) is 11.6 Å². The van der Waals surface area contributed by atoms with Crippen LogP contribution >= 0.6 is 22.0 Å². The van der Waals surface area contributed by atoms with Gasteiger partial charge < -0.3 is 30.3 Å². The molecule has 2 aromatic carbocycles. The fourth-order valence-electron chi connectivity index (χ4n) is 6.55. The second-order valence-corrected chi connectivity index (χ2v) is 20.0. The topological polar surface area (TPSA) is 132 Å². The number of methoxy groups -OCH3 is 1. The molecule has 0 radical (unpaired) electrons. The number of piperidine rings is 1. The van der Waals surface area contributed by atoms with Crippen LogP contribution in [-0.4, -0.2) is 120 Å². The first-order chi connectivity index (χ1) is 25.1. The van der Waals surface area contributed by atoms with Gasteiger partial charge in [-0.3, -0.25) is 14.9 Å². The number of halogens is 4. The number of carboxylic acid groups (broad SMARTS) is 1. The molecule has 6 rings (SSSR count). The van der Waals surface area contributed by atoms with Crippen LogP contribution in [-0.2, 0) is 23.0 Å². The van der Waals surface area contributed by atoms with Gasteiger partial charge in [0.15, 0.2) is 0 Å². The summed E-state index contributed by atoms with van der Waals surface area (Å²) in [6.07, 6.45) is 3.37. The van der Waals surface area contributed by atoms with Gasteiger partial charge in [-0.1, -0.05) is 18.7 Å². The quantitative estimate of drug-likeness (QED) is 0.160. The van der Waals surface area contributed by atoms with Crippen molar-refractivity contribution in [2.24, 2.45) is 0 Å². The van der Waals surface area contributed by atoms with E-state index in [1.165, 1.54) is 50.3 Å². The number of likely N-dealkylation sites (N-methyl/N-ethyl adjacent to an activating group) is 1. The second kappa shape index (κ2) is 17.2. The molecule has 2 saturated heterocycles. The minimum absolute atomic E-state index is 0.460. The van der Waals surface area contributed by atoms with Crippen LogP contribution in [0.1, 0.15) is 25.3 Å². The number of fused-ring (bicyclic) bond motifs is 1. The number of anilines is 5. The van der Waals surface area contributed by atoms with Gasteiger partial charge in [-0.15, -0.1) is 0 Å². The number of benzene rings is 2. The summed E-state index contributed by atoms with van der Waals surface area (Å²) in [5, 5.41) is 15.1. The van der Waals surface area contributed by atoms with Gasteiger partial charge in [-0.05, 0) is 85.4 Å². The Kier molecular flexibility index (Phi) is 13.2. The molecule has 4 heterocycles. The van der Waals surface area contributed by atoms with Gasteiger partial charge in [-0.25, -0.2) is 9.78 Å². The lowest BCUT2D eigenvalue weighted by molar-refractivity contribution is -0.192. The molecule has 2 aromatic heterocycles. The third-order valence-electron chi connectivity index (χ3n) is 9.28. The molecule has 4 aromatic rings. The molecule has 2 fully saturated rings. The van der Waals surface area contributed by atoms with Crippen molar-refractivity contribution in [1.29, 1.82) is 0 Å². The van der Waals surface area contributed by atoms with Crippen molar-refractivity contribution in [2.75, 3.05) is 82.3 Å². The lowest BCUT2D eigenvalue weighted by Gasteiger charge is -2.43. The van der Waals surface area contributed by atoms with Gasteiger partial charge in [0, 0.05) is 81.0 Å². The zero-order valence-electron chi connectivity index (χ0n) is 30.2. The number of carboxylic acids is 1. The first-order valence-electron chi connectivity index (χ1n) is 17.1. The molecular weight excluding hydrogens is 794 g/mol. The number of rotatable bonds is 9. The van der Waals surface area contributed by atoms with E-state index < -0.39 is 18.2 Å². The Morgan fingerprint density at radius 3 is 2.30 bits per heavy atom. The summed E-state index contributed by atoms with van der Waals surface area (Å²) in [6.45, 7) is 13.2. The maximum Gasteiger partial charge on any atom is 0.490 e. The molecule has 18 heteroatoms. The maximum absolute atomic E-state index is 10.6. The molecule has 0 spiro atoms. The first-order valence-corrected chi connectivity index (χ1v) is 21.6. The van der Waals surface area contributed by atoms with Crippen molar-refractivity contribution < 1.29 is 27.8 Å². The minimum Gasteiger partial charge on any atom is -0.494 e. The highest BCUT2D eigenvalue weighted by atomic mass is 79.9. The number of hydrogen-bond donors (Lipinski definition) is 3. The summed E-state index contributed by atoms with van der Waals surface area (Å²) in [5.74, 6) is -0.906. The lowest BCUT2D eigenvalue weighted by atomic mass is 9.99. The zero-order valence-corrected chi connectivity index (χ0v) is 33.5. The van der Waals surface area contributed by atoms with Crippen LogP contribution in [0, 0.1) is 0 Å². The molecule has 0 bridgehead atoms. The van der Waals surface area contributed by atoms with Crippen LogP contribution in [0.25, 0.3) is 11.0 Å². The number of carbonyl (C=O) groups is 1.